The van der Waals surface area contributed by atoms with Crippen LogP contribution in [0.2, 0.25) is 0 Å². The monoisotopic (exact) mass is 586 g/mol. The van der Waals surface area contributed by atoms with Crippen LogP contribution in [0.1, 0.15) is 49.8 Å². The number of hydrogen-bond donors (Lipinski definition) is 4. The molecule has 43 heavy (non-hydrogen) atoms. The normalized spacial score (nSPS) is 17.4. The molecule has 8 bridgehead atoms. The van der Waals surface area contributed by atoms with E-state index in [0.717, 1.165) is 6.07 Å². The van der Waals surface area contributed by atoms with Gasteiger partial charge in [-0.15, -0.1) is 0 Å². The van der Waals surface area contributed by atoms with Gasteiger partial charge in [-0.3, -0.25) is 0 Å². The first-order valence-electron chi connectivity index (χ1n) is 12.2. The molecule has 5 aliphatic rings. The summed E-state index contributed by atoms with van der Waals surface area (Å²) in [6.45, 7) is 0. The molecule has 13 heteroatoms. The standard InChI is InChI=1S/C30H16N4O8.Mg.2H/c35-27(36)22-12-21(24(28(37)38)26(30(41)42)25(22)29(39)40)20-10-19-9-17-4-3-15(32-17)7-13-1-2-14(31-13)8-16-5-6-18(33-16)11-23(20)34-19;;;/h1-12H,(H,35,36)(H,37,38)(H,39,40)(H,41,42);;;/q;+2;2*-1. The number of carbonyl (C=O) groups is 4. The first-order valence-corrected chi connectivity index (χ1v) is 12.2. The number of aliphatic imine (C=N–C) groups is 4. The molecule has 0 aromatic heterocycles. The Morgan fingerprint density at radius 1 is 0.512 bits per heavy atom. The van der Waals surface area contributed by atoms with Crippen LogP contribution in [0.4, 0.5) is 0 Å². The Morgan fingerprint density at radius 2 is 0.977 bits per heavy atom. The van der Waals surface area contributed by atoms with Gasteiger partial charge in [0.2, 0.25) is 0 Å². The van der Waals surface area contributed by atoms with Gasteiger partial charge in [-0.2, -0.15) is 0 Å². The molecule has 1 aromatic carbocycles. The molecule has 0 aliphatic carbocycles. The fourth-order valence-corrected chi connectivity index (χ4v) is 4.84. The number of carboxylic acid groups (broad SMARTS) is 4. The number of allylic oxidation sites excluding steroid dienone is 12. The maximum atomic E-state index is 12.4. The molecule has 208 valence electrons. The molecule has 0 amide bonds. The van der Waals surface area contributed by atoms with Crippen molar-refractivity contribution in [2.45, 2.75) is 0 Å². The Kier molecular flexibility index (Phi) is 7.44. The van der Waals surface area contributed by atoms with Crippen molar-refractivity contribution in [3.8, 4) is 0 Å². The van der Waals surface area contributed by atoms with Crippen molar-refractivity contribution in [2.24, 2.45) is 20.0 Å². The summed E-state index contributed by atoms with van der Waals surface area (Å²) in [6, 6.07) is 0.839. The van der Waals surface area contributed by atoms with Crippen LogP contribution in [0.5, 0.6) is 0 Å². The van der Waals surface area contributed by atoms with Crippen molar-refractivity contribution in [3.05, 3.63) is 124 Å². The largest absolute Gasteiger partial charge is 2.00 e. The number of rotatable bonds is 5. The van der Waals surface area contributed by atoms with Gasteiger partial charge in [0, 0.05) is 11.1 Å². The molecule has 0 fully saturated rings. The first kappa shape index (κ1) is 29.0. The Labute approximate surface area is 260 Å². The topological polar surface area (TPSA) is 199 Å². The molecule has 5 aliphatic heterocycles. The second-order valence-corrected chi connectivity index (χ2v) is 9.26. The van der Waals surface area contributed by atoms with Crippen LogP contribution >= 0.6 is 0 Å². The Morgan fingerprint density at radius 3 is 1.44 bits per heavy atom. The molecule has 5 heterocycles. The van der Waals surface area contributed by atoms with Crippen LogP contribution < -0.4 is 0 Å². The molecule has 12 nitrogen and oxygen atoms in total. The second-order valence-electron chi connectivity index (χ2n) is 9.26. The molecule has 0 unspecified atom stereocenters. The zero-order chi connectivity index (χ0) is 29.7. The van der Waals surface area contributed by atoms with Crippen molar-refractivity contribution >= 4 is 75.3 Å². The molecule has 0 spiro atoms. The fraction of sp³-hybridized carbons (Fsp3) is 0. The zero-order valence-corrected chi connectivity index (χ0v) is 23.3. The Bertz CT molecular complexity index is 1990. The average molecular weight is 587 g/mol. The van der Waals surface area contributed by atoms with Gasteiger partial charge in [-0.25, -0.2) is 39.1 Å². The van der Waals surface area contributed by atoms with E-state index in [-0.39, 0.29) is 42.7 Å². The third-order valence-corrected chi connectivity index (χ3v) is 6.53. The van der Waals surface area contributed by atoms with Crippen LogP contribution in [-0.4, -0.2) is 90.2 Å². The summed E-state index contributed by atoms with van der Waals surface area (Å²) in [6.07, 6.45) is 18.7. The number of fused-ring (bicyclic) bond motifs is 4. The second kappa shape index (κ2) is 11.0. The van der Waals surface area contributed by atoms with Gasteiger partial charge in [0.05, 0.1) is 67.9 Å². The van der Waals surface area contributed by atoms with Crippen LogP contribution in [0.15, 0.2) is 116 Å². The maximum Gasteiger partial charge on any atom is 2.00 e. The van der Waals surface area contributed by atoms with Crippen molar-refractivity contribution in [3.63, 3.8) is 0 Å². The SMILES string of the molecule is O=C(O)c1cc(C2=CC3=NC2=CC2=NC(=CC4=NC(=CC5=NC(=C3)C=C5)C=C4)C=C2)c(C(=O)O)c(C(=O)O)c1C(=O)O.[H-].[H-].[Mg+2]. The quantitative estimate of drug-likeness (QED) is 0.374. The van der Waals surface area contributed by atoms with E-state index in [1.165, 1.54) is 12.2 Å². The molecule has 0 radical (unpaired) electrons. The fourth-order valence-electron chi connectivity index (χ4n) is 4.84. The van der Waals surface area contributed by atoms with Crippen LogP contribution in [-0.2, 0) is 0 Å². The predicted molar refractivity (Wildman–Crippen MR) is 160 cm³/mol. The van der Waals surface area contributed by atoms with E-state index in [1.807, 2.05) is 12.2 Å². The van der Waals surface area contributed by atoms with Gasteiger partial charge >= 0.3 is 46.9 Å². The number of carboxylic acids is 4. The minimum atomic E-state index is -1.91. The molecular weight excluding hydrogens is 569 g/mol. The van der Waals surface area contributed by atoms with Crippen molar-refractivity contribution in [2.75, 3.05) is 0 Å². The van der Waals surface area contributed by atoms with Crippen LogP contribution in [0.3, 0.4) is 0 Å². The van der Waals surface area contributed by atoms with Gasteiger partial charge in [0.15, 0.2) is 0 Å². The van der Waals surface area contributed by atoms with Gasteiger partial charge in [0.1, 0.15) is 0 Å². The summed E-state index contributed by atoms with van der Waals surface area (Å²) in [5.74, 6) is -7.32. The third-order valence-electron chi connectivity index (χ3n) is 6.53. The number of nitrogens with zero attached hydrogens (tertiary/aromatic N) is 4. The molecule has 0 atom stereocenters. The van der Waals surface area contributed by atoms with E-state index in [1.54, 1.807) is 42.5 Å². The number of hydrogen-bond acceptors (Lipinski definition) is 8. The third kappa shape index (κ3) is 5.41. The first-order chi connectivity index (χ1) is 20.1. The van der Waals surface area contributed by atoms with Crippen molar-refractivity contribution < 1.29 is 42.5 Å². The van der Waals surface area contributed by atoms with Gasteiger partial charge in [-0.05, 0) is 72.9 Å². The Hall–Kier alpha value is -5.53. The maximum absolute atomic E-state index is 12.4. The average Bonchev–Trinajstić information content (AvgIpc) is 3.72. The van der Waals surface area contributed by atoms with E-state index in [4.69, 9.17) is 0 Å². The van der Waals surface area contributed by atoms with E-state index in [9.17, 15) is 39.6 Å². The Balaban J connectivity index is 0.00000184. The molecule has 0 saturated heterocycles. The van der Waals surface area contributed by atoms with Crippen LogP contribution in [0.25, 0.3) is 5.57 Å². The van der Waals surface area contributed by atoms with E-state index in [2.05, 4.69) is 20.0 Å². The van der Waals surface area contributed by atoms with Gasteiger partial charge in [-0.1, -0.05) is 0 Å². The smallest absolute Gasteiger partial charge is 1.00 e. The molecule has 1 aromatic rings. The molecule has 6 rings (SSSR count). The number of benzene rings is 1. The molecular formula is C30H18MgN4O8. The van der Waals surface area contributed by atoms with E-state index < -0.39 is 46.1 Å². The minimum Gasteiger partial charge on any atom is -1.00 e. The van der Waals surface area contributed by atoms with Gasteiger partial charge in [0.25, 0.3) is 0 Å². The van der Waals surface area contributed by atoms with E-state index in [0.29, 0.717) is 39.9 Å². The predicted octanol–water partition coefficient (Wildman–Crippen LogP) is 3.74. The van der Waals surface area contributed by atoms with Gasteiger partial charge < -0.3 is 23.3 Å². The number of aromatic carboxylic acids is 4. The summed E-state index contributed by atoms with van der Waals surface area (Å²) >= 11 is 0. The molecule has 0 saturated carbocycles. The van der Waals surface area contributed by atoms with E-state index >= 15 is 0 Å². The van der Waals surface area contributed by atoms with Crippen molar-refractivity contribution in [1.29, 1.82) is 0 Å². The molecule has 4 N–H and O–H groups in total. The van der Waals surface area contributed by atoms with Crippen LogP contribution in [0, 0.1) is 0 Å². The summed E-state index contributed by atoms with van der Waals surface area (Å²) in [7, 11) is 0. The summed E-state index contributed by atoms with van der Waals surface area (Å²) in [5.41, 5.74) is -0.452. The summed E-state index contributed by atoms with van der Waals surface area (Å²) < 4.78 is 0. The van der Waals surface area contributed by atoms with Crippen molar-refractivity contribution in [1.82, 2.24) is 0 Å². The summed E-state index contributed by atoms with van der Waals surface area (Å²) in [5, 5.41) is 39.4. The summed E-state index contributed by atoms with van der Waals surface area (Å²) in [4.78, 5) is 66.8. The zero-order valence-electron chi connectivity index (χ0n) is 23.8. The minimum absolute atomic E-state index is 0.